The molecule has 0 aromatic carbocycles. The quantitative estimate of drug-likeness (QED) is 0.200. The average Bonchev–Trinajstić information content (AvgIpc) is 2.61. The monoisotopic (exact) mass is 456 g/mol. The molecule has 162 valence electrons. The highest BCUT2D eigenvalue weighted by Gasteiger charge is 2.21. The number of carbonyl (C=O) groups is 2. The van der Waals surface area contributed by atoms with Crippen LogP contribution < -0.4 is 21.8 Å². The molecule has 30 heavy (non-hydrogen) atoms. The van der Waals surface area contributed by atoms with Crippen molar-refractivity contribution >= 4 is 45.4 Å². The summed E-state index contributed by atoms with van der Waals surface area (Å²) in [6.45, 7) is 3.21. The van der Waals surface area contributed by atoms with Crippen molar-refractivity contribution < 1.29 is 19.8 Å². The smallest absolute Gasteiger partial charge is 0.327 e. The molecule has 2 heterocycles. The predicted octanol–water partition coefficient (Wildman–Crippen LogP) is 0.282. The zero-order valence-corrected chi connectivity index (χ0v) is 17.6. The molecule has 0 saturated heterocycles. The molecule has 0 bridgehead atoms. The SMILES string of the molecule is Cc1cc(=O)[nH]c(N[C@@H](CSSC[C@H](Nc2nc(C)cc(=O)[nH]2)C(=O)O)C(=O)O)n1. The summed E-state index contributed by atoms with van der Waals surface area (Å²) in [5.41, 5.74) is 0.0554. The van der Waals surface area contributed by atoms with Crippen LogP contribution in [0.3, 0.4) is 0 Å². The van der Waals surface area contributed by atoms with Gasteiger partial charge in [0, 0.05) is 35.0 Å². The number of aliphatic carboxylic acids is 2. The molecule has 0 radical (unpaired) electrons. The first-order chi connectivity index (χ1) is 14.1. The van der Waals surface area contributed by atoms with E-state index in [1.54, 1.807) is 13.8 Å². The van der Waals surface area contributed by atoms with Crippen LogP contribution in [0.5, 0.6) is 0 Å². The molecule has 2 aromatic heterocycles. The fourth-order valence-electron chi connectivity index (χ4n) is 2.21. The van der Waals surface area contributed by atoms with Crippen molar-refractivity contribution in [2.24, 2.45) is 0 Å². The molecule has 0 spiro atoms. The summed E-state index contributed by atoms with van der Waals surface area (Å²) < 4.78 is 0. The Hall–Kier alpha value is -3.00. The largest absolute Gasteiger partial charge is 0.480 e. The highest BCUT2D eigenvalue weighted by molar-refractivity contribution is 8.76. The van der Waals surface area contributed by atoms with E-state index < -0.39 is 35.1 Å². The van der Waals surface area contributed by atoms with E-state index in [9.17, 15) is 29.4 Å². The Bertz CT molecular complexity index is 944. The van der Waals surface area contributed by atoms with Crippen LogP contribution in [0.4, 0.5) is 11.9 Å². The highest BCUT2D eigenvalue weighted by atomic mass is 33.1. The molecule has 2 rings (SSSR count). The lowest BCUT2D eigenvalue weighted by Crippen LogP contribution is -2.34. The van der Waals surface area contributed by atoms with E-state index >= 15 is 0 Å². The Morgan fingerprint density at radius 3 is 1.57 bits per heavy atom. The molecule has 0 aliphatic rings. The maximum atomic E-state index is 11.5. The topological polar surface area (TPSA) is 190 Å². The lowest BCUT2D eigenvalue weighted by atomic mass is 10.3. The van der Waals surface area contributed by atoms with Crippen molar-refractivity contribution in [1.82, 2.24) is 19.9 Å². The van der Waals surface area contributed by atoms with E-state index in [4.69, 9.17) is 0 Å². The maximum absolute atomic E-state index is 11.5. The second kappa shape index (κ2) is 10.7. The molecule has 0 aliphatic carbocycles. The van der Waals surface area contributed by atoms with Gasteiger partial charge in [0.15, 0.2) is 0 Å². The summed E-state index contributed by atoms with van der Waals surface area (Å²) in [6.07, 6.45) is 0. The van der Waals surface area contributed by atoms with Crippen molar-refractivity contribution in [2.45, 2.75) is 25.9 Å². The molecular weight excluding hydrogens is 436 g/mol. The minimum absolute atomic E-state index is 0.0394. The zero-order chi connectivity index (χ0) is 22.3. The molecule has 0 saturated carbocycles. The van der Waals surface area contributed by atoms with E-state index in [0.717, 1.165) is 21.6 Å². The standard InChI is InChI=1S/C16H20N6O6S2/c1-7-3-11(23)21-15(17-7)19-9(13(25)26)5-29-30-6-10(14(27)28)20-16-18-8(2)4-12(24)22-16/h3-4,9-10H,5-6H2,1-2H3,(H,25,26)(H,27,28)(H2,17,19,21,23)(H2,18,20,22,24)/t9-,10-/m0/s1. The number of nitrogens with zero attached hydrogens (tertiary/aromatic N) is 2. The van der Waals surface area contributed by atoms with E-state index in [-0.39, 0.29) is 23.4 Å². The Balaban J connectivity index is 1.91. The van der Waals surface area contributed by atoms with Gasteiger partial charge in [-0.1, -0.05) is 21.6 Å². The third kappa shape index (κ3) is 7.44. The molecule has 2 atom stereocenters. The van der Waals surface area contributed by atoms with E-state index in [2.05, 4.69) is 30.6 Å². The molecule has 12 nitrogen and oxygen atoms in total. The van der Waals surface area contributed by atoms with Gasteiger partial charge in [0.2, 0.25) is 11.9 Å². The number of rotatable bonds is 11. The van der Waals surface area contributed by atoms with Crippen molar-refractivity contribution in [2.75, 3.05) is 22.1 Å². The first kappa shape index (κ1) is 23.3. The van der Waals surface area contributed by atoms with Crippen molar-refractivity contribution in [1.29, 1.82) is 0 Å². The number of H-pyrrole nitrogens is 2. The lowest BCUT2D eigenvalue weighted by molar-refractivity contribution is -0.138. The van der Waals surface area contributed by atoms with Gasteiger partial charge in [-0.2, -0.15) is 0 Å². The van der Waals surface area contributed by atoms with Gasteiger partial charge in [-0.25, -0.2) is 19.6 Å². The number of carboxylic acids is 2. The van der Waals surface area contributed by atoms with Gasteiger partial charge in [-0.05, 0) is 13.8 Å². The van der Waals surface area contributed by atoms with Crippen LogP contribution >= 0.6 is 21.6 Å². The first-order valence-electron chi connectivity index (χ1n) is 8.53. The fourth-order valence-corrected chi connectivity index (χ4v) is 4.52. The van der Waals surface area contributed by atoms with Crippen LogP contribution in [-0.2, 0) is 9.59 Å². The minimum atomic E-state index is -1.15. The number of aromatic nitrogens is 4. The van der Waals surface area contributed by atoms with Crippen LogP contribution in [0.15, 0.2) is 21.7 Å². The second-order valence-corrected chi connectivity index (χ2v) is 8.66. The Kier molecular flexibility index (Phi) is 8.29. The summed E-state index contributed by atoms with van der Waals surface area (Å²) in [5.74, 6) is -2.08. The first-order valence-corrected chi connectivity index (χ1v) is 11.0. The van der Waals surface area contributed by atoms with Crippen LogP contribution in [0.25, 0.3) is 0 Å². The molecule has 2 aromatic rings. The Morgan fingerprint density at radius 1 is 0.900 bits per heavy atom. The minimum Gasteiger partial charge on any atom is -0.480 e. The number of hydrogen-bond acceptors (Lipinski definition) is 10. The summed E-state index contributed by atoms with van der Waals surface area (Å²) in [7, 11) is 2.28. The highest BCUT2D eigenvalue weighted by Crippen LogP contribution is 2.24. The van der Waals surface area contributed by atoms with Gasteiger partial charge in [-0.3, -0.25) is 19.6 Å². The van der Waals surface area contributed by atoms with Crippen molar-refractivity contribution in [3.63, 3.8) is 0 Å². The molecule has 0 unspecified atom stereocenters. The van der Waals surface area contributed by atoms with Gasteiger partial charge in [0.05, 0.1) is 0 Å². The normalized spacial score (nSPS) is 12.7. The van der Waals surface area contributed by atoms with Gasteiger partial charge in [-0.15, -0.1) is 0 Å². The number of aryl methyl sites for hydroxylation is 2. The predicted molar refractivity (Wildman–Crippen MR) is 114 cm³/mol. The van der Waals surface area contributed by atoms with Gasteiger partial charge in [0.1, 0.15) is 12.1 Å². The van der Waals surface area contributed by atoms with Gasteiger partial charge < -0.3 is 20.8 Å². The number of carboxylic acid groups (broad SMARTS) is 2. The third-order valence-electron chi connectivity index (χ3n) is 3.51. The molecule has 14 heteroatoms. The van der Waals surface area contributed by atoms with E-state index in [1.165, 1.54) is 12.1 Å². The molecule has 6 N–H and O–H groups in total. The summed E-state index contributed by atoms with van der Waals surface area (Å²) in [5, 5.41) is 24.0. The van der Waals surface area contributed by atoms with Crippen molar-refractivity contribution in [3.05, 3.63) is 44.2 Å². The molecule has 0 aliphatic heterocycles. The van der Waals surface area contributed by atoms with Crippen LogP contribution in [0, 0.1) is 13.8 Å². The lowest BCUT2D eigenvalue weighted by Gasteiger charge is -2.16. The van der Waals surface area contributed by atoms with Crippen LogP contribution in [0.2, 0.25) is 0 Å². The van der Waals surface area contributed by atoms with E-state index in [1.807, 2.05) is 0 Å². The number of aromatic amines is 2. The molecule has 0 fully saturated rings. The summed E-state index contributed by atoms with van der Waals surface area (Å²) in [6, 6.07) is 0.443. The van der Waals surface area contributed by atoms with Crippen molar-refractivity contribution in [3.8, 4) is 0 Å². The van der Waals surface area contributed by atoms with Crippen LogP contribution in [0.1, 0.15) is 11.4 Å². The fraction of sp³-hybridized carbons (Fsp3) is 0.375. The number of nitrogens with one attached hydrogen (secondary N) is 4. The zero-order valence-electron chi connectivity index (χ0n) is 16.0. The third-order valence-corrected chi connectivity index (χ3v) is 5.93. The number of anilines is 2. The van der Waals surface area contributed by atoms with Crippen LogP contribution in [-0.4, -0.2) is 65.7 Å². The molecule has 0 amide bonds. The summed E-state index contributed by atoms with van der Waals surface area (Å²) >= 11 is 0. The molecular formula is C16H20N6O6S2. The van der Waals surface area contributed by atoms with E-state index in [0.29, 0.717) is 11.4 Å². The second-order valence-electron chi connectivity index (χ2n) is 6.11. The summed E-state index contributed by atoms with van der Waals surface area (Å²) in [4.78, 5) is 58.7. The van der Waals surface area contributed by atoms with Gasteiger partial charge >= 0.3 is 11.9 Å². The van der Waals surface area contributed by atoms with Gasteiger partial charge in [0.25, 0.3) is 11.1 Å². The number of hydrogen-bond donors (Lipinski definition) is 6. The Labute approximate surface area is 177 Å². The average molecular weight is 457 g/mol. The maximum Gasteiger partial charge on any atom is 0.327 e. The Morgan fingerprint density at radius 2 is 1.27 bits per heavy atom.